The molecule has 0 spiro atoms. The summed E-state index contributed by atoms with van der Waals surface area (Å²) >= 11 is 0. The molecule has 0 heterocycles. The van der Waals surface area contributed by atoms with E-state index in [0.29, 0.717) is 12.8 Å². The van der Waals surface area contributed by atoms with E-state index in [1.807, 2.05) is 24.3 Å². The van der Waals surface area contributed by atoms with Crippen molar-refractivity contribution in [1.29, 1.82) is 0 Å². The van der Waals surface area contributed by atoms with Crippen molar-refractivity contribution in [1.82, 2.24) is 0 Å². The number of rotatable bonds is 11. The average molecular weight is 254 g/mol. The second-order valence-corrected chi connectivity index (χ2v) is 4.09. The van der Waals surface area contributed by atoms with E-state index in [-0.39, 0.29) is 12.8 Å². The Balaban J connectivity index is 3.25. The fraction of sp³-hybridized carbons (Fsp3) is 0.571. The third kappa shape index (κ3) is 14.4. The zero-order valence-electron chi connectivity index (χ0n) is 10.7. The monoisotopic (exact) mass is 254 g/mol. The Morgan fingerprint density at radius 1 is 0.667 bits per heavy atom. The Hall–Kier alpha value is -1.58. The predicted octanol–water partition coefficient (Wildman–Crippen LogP) is 3.39. The van der Waals surface area contributed by atoms with Crippen molar-refractivity contribution in [3.63, 3.8) is 0 Å². The van der Waals surface area contributed by atoms with Crippen molar-refractivity contribution in [2.75, 3.05) is 0 Å². The molecule has 0 saturated heterocycles. The molecule has 0 aromatic heterocycles. The maximum atomic E-state index is 10.2. The minimum atomic E-state index is -0.758. The van der Waals surface area contributed by atoms with Crippen LogP contribution in [0.1, 0.15) is 51.4 Å². The minimum absolute atomic E-state index is 0.197. The van der Waals surface area contributed by atoms with Gasteiger partial charge in [0.25, 0.3) is 0 Å². The summed E-state index contributed by atoms with van der Waals surface area (Å²) in [5.41, 5.74) is 0. The van der Waals surface area contributed by atoms with E-state index in [2.05, 4.69) is 0 Å². The fourth-order valence-corrected chi connectivity index (χ4v) is 1.41. The molecule has 4 heteroatoms. The van der Waals surface area contributed by atoms with Crippen molar-refractivity contribution < 1.29 is 19.8 Å². The van der Waals surface area contributed by atoms with Gasteiger partial charge in [0.1, 0.15) is 0 Å². The number of hydrogen-bond acceptors (Lipinski definition) is 2. The predicted molar refractivity (Wildman–Crippen MR) is 70.5 cm³/mol. The Bertz CT molecular complexity index is 262. The normalized spacial score (nSPS) is 11.3. The summed E-state index contributed by atoms with van der Waals surface area (Å²) in [6.07, 6.45) is 13.6. The lowest BCUT2D eigenvalue weighted by Gasteiger charge is -1.93. The number of unbranched alkanes of at least 4 members (excludes halogenated alkanes) is 3. The molecule has 18 heavy (non-hydrogen) atoms. The summed E-state index contributed by atoms with van der Waals surface area (Å²) in [6, 6.07) is 0. The van der Waals surface area contributed by atoms with E-state index in [4.69, 9.17) is 10.2 Å². The van der Waals surface area contributed by atoms with Crippen LogP contribution in [0.25, 0.3) is 0 Å². The smallest absolute Gasteiger partial charge is 0.303 e. The van der Waals surface area contributed by atoms with Gasteiger partial charge in [0.15, 0.2) is 0 Å². The van der Waals surface area contributed by atoms with Gasteiger partial charge in [-0.1, -0.05) is 24.3 Å². The fourth-order valence-electron chi connectivity index (χ4n) is 1.41. The standard InChI is InChI=1S/C14H22O4/c15-13(16)11-9-7-5-3-1-2-4-6-8-10-12-14(17)18/h5-8H,1-4,9-12H2,(H,15,16)(H,17,18). The summed E-state index contributed by atoms with van der Waals surface area (Å²) in [6.45, 7) is 0. The van der Waals surface area contributed by atoms with Crippen molar-refractivity contribution in [3.05, 3.63) is 24.3 Å². The Morgan fingerprint density at radius 3 is 1.33 bits per heavy atom. The van der Waals surface area contributed by atoms with Crippen LogP contribution in [0, 0.1) is 0 Å². The Morgan fingerprint density at radius 2 is 1.00 bits per heavy atom. The third-order valence-corrected chi connectivity index (χ3v) is 2.37. The summed E-state index contributed by atoms with van der Waals surface area (Å²) in [5.74, 6) is -1.52. The van der Waals surface area contributed by atoms with E-state index in [9.17, 15) is 9.59 Å². The van der Waals surface area contributed by atoms with Gasteiger partial charge in [-0.25, -0.2) is 0 Å². The van der Waals surface area contributed by atoms with Gasteiger partial charge in [-0.3, -0.25) is 9.59 Å². The van der Waals surface area contributed by atoms with Gasteiger partial charge in [0, 0.05) is 12.8 Å². The summed E-state index contributed by atoms with van der Waals surface area (Å²) in [7, 11) is 0. The molecular weight excluding hydrogens is 232 g/mol. The molecule has 0 radical (unpaired) electrons. The van der Waals surface area contributed by atoms with Crippen molar-refractivity contribution >= 4 is 11.9 Å². The Labute approximate surface area is 108 Å². The van der Waals surface area contributed by atoms with Gasteiger partial charge in [-0.15, -0.1) is 0 Å². The molecule has 0 amide bonds. The SMILES string of the molecule is O=C(O)CCC=CCCCCC=CCCC(=O)O. The molecule has 0 aliphatic carbocycles. The van der Waals surface area contributed by atoms with E-state index in [1.165, 1.54) is 0 Å². The molecule has 0 bridgehead atoms. The largest absolute Gasteiger partial charge is 0.481 e. The molecule has 0 rings (SSSR count). The van der Waals surface area contributed by atoms with Gasteiger partial charge in [0.2, 0.25) is 0 Å². The molecule has 4 nitrogen and oxygen atoms in total. The van der Waals surface area contributed by atoms with E-state index >= 15 is 0 Å². The van der Waals surface area contributed by atoms with E-state index < -0.39 is 11.9 Å². The second kappa shape index (κ2) is 11.9. The van der Waals surface area contributed by atoms with Crippen LogP contribution in [0.15, 0.2) is 24.3 Å². The molecule has 102 valence electrons. The molecule has 0 fully saturated rings. The van der Waals surface area contributed by atoms with Crippen molar-refractivity contribution in [3.8, 4) is 0 Å². The highest BCUT2D eigenvalue weighted by Gasteiger charge is 1.92. The van der Waals surface area contributed by atoms with Crippen LogP contribution in [0.4, 0.5) is 0 Å². The number of carbonyl (C=O) groups is 2. The molecule has 0 atom stereocenters. The van der Waals surface area contributed by atoms with Gasteiger partial charge in [0.05, 0.1) is 0 Å². The topological polar surface area (TPSA) is 74.6 Å². The van der Waals surface area contributed by atoms with Crippen LogP contribution in [-0.4, -0.2) is 22.2 Å². The molecule has 2 N–H and O–H groups in total. The quantitative estimate of drug-likeness (QED) is 0.438. The molecule has 0 unspecified atom stereocenters. The van der Waals surface area contributed by atoms with Gasteiger partial charge in [-0.2, -0.15) is 0 Å². The molecule has 0 aromatic carbocycles. The third-order valence-electron chi connectivity index (χ3n) is 2.37. The summed E-state index contributed by atoms with van der Waals surface area (Å²) < 4.78 is 0. The number of hydrogen-bond donors (Lipinski definition) is 2. The molecular formula is C14H22O4. The molecule has 0 aliphatic rings. The number of carboxylic acid groups (broad SMARTS) is 2. The lowest BCUT2D eigenvalue weighted by molar-refractivity contribution is -0.137. The average Bonchev–Trinajstić information content (AvgIpc) is 2.29. The maximum absolute atomic E-state index is 10.2. The van der Waals surface area contributed by atoms with Crippen LogP contribution in [0.3, 0.4) is 0 Å². The number of aliphatic carboxylic acids is 2. The first-order valence-corrected chi connectivity index (χ1v) is 6.36. The lowest BCUT2D eigenvalue weighted by atomic mass is 10.1. The van der Waals surface area contributed by atoms with Crippen molar-refractivity contribution in [2.45, 2.75) is 51.4 Å². The molecule has 0 saturated carbocycles. The first-order valence-electron chi connectivity index (χ1n) is 6.36. The first-order chi connectivity index (χ1) is 8.63. The van der Waals surface area contributed by atoms with Crippen LogP contribution >= 0.6 is 0 Å². The minimum Gasteiger partial charge on any atom is -0.481 e. The summed E-state index contributed by atoms with van der Waals surface area (Å²) in [4.78, 5) is 20.4. The van der Waals surface area contributed by atoms with Crippen LogP contribution in [0.5, 0.6) is 0 Å². The highest BCUT2D eigenvalue weighted by molar-refractivity contribution is 5.67. The maximum Gasteiger partial charge on any atom is 0.303 e. The number of allylic oxidation sites excluding steroid dienone is 4. The Kier molecular flexibility index (Phi) is 10.8. The highest BCUT2D eigenvalue weighted by atomic mass is 16.4. The first kappa shape index (κ1) is 16.4. The van der Waals surface area contributed by atoms with Crippen LogP contribution in [0.2, 0.25) is 0 Å². The highest BCUT2D eigenvalue weighted by Crippen LogP contribution is 2.03. The second-order valence-electron chi connectivity index (χ2n) is 4.09. The molecule has 0 aliphatic heterocycles. The number of carboxylic acids is 2. The van der Waals surface area contributed by atoms with Gasteiger partial charge >= 0.3 is 11.9 Å². The summed E-state index contributed by atoms with van der Waals surface area (Å²) in [5, 5.41) is 16.8. The van der Waals surface area contributed by atoms with E-state index in [0.717, 1.165) is 25.7 Å². The van der Waals surface area contributed by atoms with Gasteiger partial charge in [-0.05, 0) is 38.5 Å². The van der Waals surface area contributed by atoms with Gasteiger partial charge < -0.3 is 10.2 Å². The zero-order valence-corrected chi connectivity index (χ0v) is 10.7. The van der Waals surface area contributed by atoms with Crippen LogP contribution < -0.4 is 0 Å². The molecule has 0 aromatic rings. The van der Waals surface area contributed by atoms with Crippen LogP contribution in [-0.2, 0) is 9.59 Å². The van der Waals surface area contributed by atoms with E-state index in [1.54, 1.807) is 0 Å². The zero-order chi connectivity index (χ0) is 13.6. The lowest BCUT2D eigenvalue weighted by Crippen LogP contribution is -1.91. The van der Waals surface area contributed by atoms with Crippen molar-refractivity contribution in [2.24, 2.45) is 0 Å².